The Balaban J connectivity index is 2.08. The summed E-state index contributed by atoms with van der Waals surface area (Å²) in [4.78, 5) is 39.7. The average molecular weight is 424 g/mol. The molecule has 0 aromatic heterocycles. The second kappa shape index (κ2) is 10.8. The molecule has 166 valence electrons. The van der Waals surface area contributed by atoms with Crippen molar-refractivity contribution in [1.29, 1.82) is 0 Å². The molecule has 0 saturated carbocycles. The van der Waals surface area contributed by atoms with Crippen molar-refractivity contribution in [2.24, 2.45) is 5.92 Å². The largest absolute Gasteiger partial charge is 0.340 e. The van der Waals surface area contributed by atoms with E-state index in [0.29, 0.717) is 12.0 Å². The van der Waals surface area contributed by atoms with E-state index in [1.807, 2.05) is 52.8 Å². The Morgan fingerprint density at radius 1 is 1.00 bits per heavy atom. The SMILES string of the molecule is CCC(C)C(NC(=O)c1ccccc1)C(=O)N(C)CC(=O)Nc1c(C)cc(C)cc1C. The van der Waals surface area contributed by atoms with E-state index in [1.165, 1.54) is 4.90 Å². The molecule has 2 aromatic carbocycles. The number of nitrogens with one attached hydrogen (secondary N) is 2. The highest BCUT2D eigenvalue weighted by Crippen LogP contribution is 2.22. The normalized spacial score (nSPS) is 12.6. The van der Waals surface area contributed by atoms with Gasteiger partial charge in [-0.2, -0.15) is 0 Å². The fourth-order valence-electron chi connectivity index (χ4n) is 3.58. The van der Waals surface area contributed by atoms with Crippen LogP contribution in [0.15, 0.2) is 42.5 Å². The maximum Gasteiger partial charge on any atom is 0.251 e. The molecule has 0 heterocycles. The minimum absolute atomic E-state index is 0.0766. The van der Waals surface area contributed by atoms with Gasteiger partial charge in [-0.05, 0) is 49.9 Å². The molecule has 2 atom stereocenters. The van der Waals surface area contributed by atoms with Crippen molar-refractivity contribution in [2.45, 2.75) is 47.1 Å². The maximum absolute atomic E-state index is 13.1. The first-order valence-electron chi connectivity index (χ1n) is 10.6. The lowest BCUT2D eigenvalue weighted by atomic mass is 9.97. The molecule has 0 spiro atoms. The van der Waals surface area contributed by atoms with Gasteiger partial charge in [-0.1, -0.05) is 56.2 Å². The first kappa shape index (κ1) is 24.1. The molecular formula is C25H33N3O3. The Bertz CT molecular complexity index is 917. The van der Waals surface area contributed by atoms with Crippen LogP contribution in [0.5, 0.6) is 0 Å². The average Bonchev–Trinajstić information content (AvgIpc) is 2.73. The first-order chi connectivity index (χ1) is 14.6. The summed E-state index contributed by atoms with van der Waals surface area (Å²) in [5.41, 5.74) is 4.35. The van der Waals surface area contributed by atoms with Gasteiger partial charge < -0.3 is 15.5 Å². The van der Waals surface area contributed by atoms with E-state index >= 15 is 0 Å². The van der Waals surface area contributed by atoms with Crippen molar-refractivity contribution >= 4 is 23.4 Å². The highest BCUT2D eigenvalue weighted by atomic mass is 16.2. The lowest BCUT2D eigenvalue weighted by Crippen LogP contribution is -2.52. The third-order valence-electron chi connectivity index (χ3n) is 5.50. The van der Waals surface area contributed by atoms with Gasteiger partial charge in [-0.15, -0.1) is 0 Å². The lowest BCUT2D eigenvalue weighted by Gasteiger charge is -2.28. The van der Waals surface area contributed by atoms with E-state index in [9.17, 15) is 14.4 Å². The fraction of sp³-hybridized carbons (Fsp3) is 0.400. The smallest absolute Gasteiger partial charge is 0.251 e. The van der Waals surface area contributed by atoms with Gasteiger partial charge in [0.15, 0.2) is 0 Å². The number of nitrogens with zero attached hydrogens (tertiary/aromatic N) is 1. The zero-order chi connectivity index (χ0) is 23.1. The second-order valence-corrected chi connectivity index (χ2v) is 8.22. The molecule has 6 nitrogen and oxygen atoms in total. The number of hydrogen-bond acceptors (Lipinski definition) is 3. The van der Waals surface area contributed by atoms with E-state index < -0.39 is 6.04 Å². The number of rotatable bonds is 8. The molecule has 3 amide bonds. The van der Waals surface area contributed by atoms with Crippen LogP contribution in [0.4, 0.5) is 5.69 Å². The standard InChI is InChI=1S/C25H33N3O3/c1-7-17(3)23(27-24(30)20-11-9-8-10-12-20)25(31)28(6)15-21(29)26-22-18(4)13-16(2)14-19(22)5/h8-14,17,23H,7,15H2,1-6H3,(H,26,29)(H,27,30). The van der Waals surface area contributed by atoms with Gasteiger partial charge >= 0.3 is 0 Å². The predicted octanol–water partition coefficient (Wildman–Crippen LogP) is 3.85. The molecule has 2 N–H and O–H groups in total. The summed E-state index contributed by atoms with van der Waals surface area (Å²) in [7, 11) is 1.58. The summed E-state index contributed by atoms with van der Waals surface area (Å²) in [5.74, 6) is -0.940. The highest BCUT2D eigenvalue weighted by Gasteiger charge is 2.29. The van der Waals surface area contributed by atoms with Crippen molar-refractivity contribution in [3.63, 3.8) is 0 Å². The van der Waals surface area contributed by atoms with Crippen LogP contribution < -0.4 is 10.6 Å². The highest BCUT2D eigenvalue weighted by molar-refractivity contribution is 5.99. The molecule has 0 saturated heterocycles. The van der Waals surface area contributed by atoms with Crippen LogP contribution in [0.25, 0.3) is 0 Å². The molecule has 2 unspecified atom stereocenters. The zero-order valence-corrected chi connectivity index (χ0v) is 19.3. The minimum Gasteiger partial charge on any atom is -0.340 e. The molecule has 0 aliphatic rings. The van der Waals surface area contributed by atoms with Crippen LogP contribution in [0.3, 0.4) is 0 Å². The Morgan fingerprint density at radius 2 is 1.58 bits per heavy atom. The molecule has 0 fully saturated rings. The van der Waals surface area contributed by atoms with Crippen molar-refractivity contribution in [3.8, 4) is 0 Å². The molecule has 0 aliphatic carbocycles. The Hall–Kier alpha value is -3.15. The topological polar surface area (TPSA) is 78.5 Å². The number of amides is 3. The number of aryl methyl sites for hydroxylation is 3. The summed E-state index contributed by atoms with van der Waals surface area (Å²) >= 11 is 0. The molecular weight excluding hydrogens is 390 g/mol. The van der Waals surface area contributed by atoms with E-state index in [4.69, 9.17) is 0 Å². The number of likely N-dealkylation sites (N-methyl/N-ethyl adjacent to an activating group) is 1. The van der Waals surface area contributed by atoms with Crippen LogP contribution in [0.1, 0.15) is 47.3 Å². The number of hydrogen-bond donors (Lipinski definition) is 2. The fourth-order valence-corrected chi connectivity index (χ4v) is 3.58. The Morgan fingerprint density at radius 3 is 2.13 bits per heavy atom. The number of benzene rings is 2. The van der Waals surface area contributed by atoms with Crippen molar-refractivity contribution in [3.05, 3.63) is 64.7 Å². The van der Waals surface area contributed by atoms with Gasteiger partial charge in [-0.3, -0.25) is 14.4 Å². The van der Waals surface area contributed by atoms with Crippen LogP contribution >= 0.6 is 0 Å². The minimum atomic E-state index is -0.710. The number of anilines is 1. The predicted molar refractivity (Wildman–Crippen MR) is 124 cm³/mol. The van der Waals surface area contributed by atoms with Crippen LogP contribution in [0.2, 0.25) is 0 Å². The molecule has 31 heavy (non-hydrogen) atoms. The quantitative estimate of drug-likeness (QED) is 0.677. The molecule has 2 aromatic rings. The molecule has 6 heteroatoms. The van der Waals surface area contributed by atoms with E-state index in [-0.39, 0.29) is 30.2 Å². The lowest BCUT2D eigenvalue weighted by molar-refractivity contribution is -0.136. The van der Waals surface area contributed by atoms with Crippen molar-refractivity contribution < 1.29 is 14.4 Å². The van der Waals surface area contributed by atoms with Gasteiger partial charge in [-0.25, -0.2) is 0 Å². The molecule has 0 radical (unpaired) electrons. The van der Waals surface area contributed by atoms with Gasteiger partial charge in [0.2, 0.25) is 11.8 Å². The third-order valence-corrected chi connectivity index (χ3v) is 5.50. The monoisotopic (exact) mass is 423 g/mol. The van der Waals surface area contributed by atoms with Gasteiger partial charge in [0, 0.05) is 18.3 Å². The maximum atomic E-state index is 13.1. The summed E-state index contributed by atoms with van der Waals surface area (Å²) < 4.78 is 0. The molecule has 0 bridgehead atoms. The van der Waals surface area contributed by atoms with Gasteiger partial charge in [0.05, 0.1) is 6.54 Å². The molecule has 0 aliphatic heterocycles. The summed E-state index contributed by atoms with van der Waals surface area (Å²) in [5, 5.41) is 5.77. The zero-order valence-electron chi connectivity index (χ0n) is 19.3. The van der Waals surface area contributed by atoms with Gasteiger partial charge in [0.25, 0.3) is 5.91 Å². The third kappa shape index (κ3) is 6.41. The second-order valence-electron chi connectivity index (χ2n) is 8.22. The van der Waals surface area contributed by atoms with Crippen LogP contribution in [-0.2, 0) is 9.59 Å². The van der Waals surface area contributed by atoms with Crippen molar-refractivity contribution in [2.75, 3.05) is 18.9 Å². The van der Waals surface area contributed by atoms with Crippen LogP contribution in [0, 0.1) is 26.7 Å². The van der Waals surface area contributed by atoms with E-state index in [1.54, 1.807) is 31.3 Å². The van der Waals surface area contributed by atoms with E-state index in [0.717, 1.165) is 22.4 Å². The Labute approximate surface area is 185 Å². The van der Waals surface area contributed by atoms with Crippen molar-refractivity contribution in [1.82, 2.24) is 10.2 Å². The van der Waals surface area contributed by atoms with Gasteiger partial charge in [0.1, 0.15) is 6.04 Å². The molecule has 2 rings (SSSR count). The summed E-state index contributed by atoms with van der Waals surface area (Å²) in [6.45, 7) is 9.69. The van der Waals surface area contributed by atoms with E-state index in [2.05, 4.69) is 10.6 Å². The number of carbonyl (C=O) groups excluding carboxylic acids is 3. The summed E-state index contributed by atoms with van der Waals surface area (Å²) in [6.07, 6.45) is 0.716. The van der Waals surface area contributed by atoms with Crippen LogP contribution in [-0.4, -0.2) is 42.3 Å². The first-order valence-corrected chi connectivity index (χ1v) is 10.6. The summed E-state index contributed by atoms with van der Waals surface area (Å²) in [6, 6.07) is 12.1. The number of carbonyl (C=O) groups is 3. The Kier molecular flexibility index (Phi) is 8.37.